The Balaban J connectivity index is 2.02. The van der Waals surface area contributed by atoms with E-state index >= 15 is 0 Å². The maximum absolute atomic E-state index is 11.8. The van der Waals surface area contributed by atoms with Gasteiger partial charge in [0.1, 0.15) is 0 Å². The summed E-state index contributed by atoms with van der Waals surface area (Å²) >= 11 is 0. The van der Waals surface area contributed by atoms with Gasteiger partial charge in [-0.2, -0.15) is 13.2 Å². The molecule has 1 unspecified atom stereocenters. The molecule has 1 rings (SSSR count). The third-order valence-electron chi connectivity index (χ3n) is 2.61. The number of halogens is 3. The fraction of sp³-hybridized carbons (Fsp3) is 1.00. The van der Waals surface area contributed by atoms with Gasteiger partial charge in [-0.25, -0.2) is 0 Å². The summed E-state index contributed by atoms with van der Waals surface area (Å²) in [6.45, 7) is 3.81. The predicted molar refractivity (Wildman–Crippen MR) is 51.7 cm³/mol. The summed E-state index contributed by atoms with van der Waals surface area (Å²) in [4.78, 5) is 0. The van der Waals surface area contributed by atoms with Gasteiger partial charge in [-0.1, -0.05) is 0 Å². The molecule has 1 N–H and O–H groups in total. The highest BCUT2D eigenvalue weighted by Gasteiger charge is 2.29. The van der Waals surface area contributed by atoms with E-state index in [0.29, 0.717) is 13.1 Å². The van der Waals surface area contributed by atoms with Crippen LogP contribution in [0.5, 0.6) is 0 Å². The zero-order valence-electron chi connectivity index (χ0n) is 8.99. The van der Waals surface area contributed by atoms with Gasteiger partial charge in [0.05, 0.1) is 5.60 Å². The fourth-order valence-electron chi connectivity index (χ4n) is 1.74. The highest BCUT2D eigenvalue weighted by atomic mass is 19.4. The minimum absolute atomic E-state index is 0.138. The Bertz CT molecular complexity index is 188. The summed E-state index contributed by atoms with van der Waals surface area (Å²) in [5, 5.41) is 3.02. The molecule has 0 saturated carbocycles. The zero-order valence-corrected chi connectivity index (χ0v) is 8.99. The van der Waals surface area contributed by atoms with E-state index in [-0.39, 0.29) is 12.0 Å². The second kappa shape index (κ2) is 5.16. The molecule has 0 aromatic carbocycles. The standard InChI is InChI=1S/C10H18F3NO/c1-9(4-3-7-15-9)8-14-6-2-5-10(11,12)13/h14H,2-8H2,1H3. The number of rotatable bonds is 5. The van der Waals surface area contributed by atoms with Gasteiger partial charge in [-0.05, 0) is 32.7 Å². The van der Waals surface area contributed by atoms with Crippen molar-refractivity contribution in [3.05, 3.63) is 0 Å². The Morgan fingerprint density at radius 1 is 1.40 bits per heavy atom. The van der Waals surface area contributed by atoms with Crippen molar-refractivity contribution in [1.82, 2.24) is 5.32 Å². The lowest BCUT2D eigenvalue weighted by Gasteiger charge is -2.23. The Kier molecular flexibility index (Phi) is 4.40. The number of nitrogens with one attached hydrogen (secondary N) is 1. The van der Waals surface area contributed by atoms with Crippen molar-refractivity contribution in [3.63, 3.8) is 0 Å². The summed E-state index contributed by atoms with van der Waals surface area (Å²) in [7, 11) is 0. The molecule has 0 amide bonds. The summed E-state index contributed by atoms with van der Waals surface area (Å²) in [6.07, 6.45) is -2.58. The summed E-state index contributed by atoms with van der Waals surface area (Å²) in [6, 6.07) is 0. The van der Waals surface area contributed by atoms with Gasteiger partial charge in [0.2, 0.25) is 0 Å². The zero-order chi connectivity index (χ0) is 11.4. The van der Waals surface area contributed by atoms with Crippen LogP contribution in [0.1, 0.15) is 32.6 Å². The molecule has 15 heavy (non-hydrogen) atoms. The van der Waals surface area contributed by atoms with Gasteiger partial charge in [0.25, 0.3) is 0 Å². The molecule has 1 aliphatic heterocycles. The van der Waals surface area contributed by atoms with Crippen LogP contribution >= 0.6 is 0 Å². The van der Waals surface area contributed by atoms with Crippen molar-refractivity contribution in [2.45, 2.75) is 44.4 Å². The van der Waals surface area contributed by atoms with Crippen LogP contribution in [-0.2, 0) is 4.74 Å². The maximum atomic E-state index is 11.8. The molecule has 0 aromatic heterocycles. The van der Waals surface area contributed by atoms with E-state index in [4.69, 9.17) is 4.74 Å². The first-order chi connectivity index (χ1) is 6.91. The molecule has 1 saturated heterocycles. The van der Waals surface area contributed by atoms with Crippen LogP contribution in [-0.4, -0.2) is 31.5 Å². The first-order valence-corrected chi connectivity index (χ1v) is 5.33. The van der Waals surface area contributed by atoms with E-state index in [9.17, 15) is 13.2 Å². The second-order valence-corrected chi connectivity index (χ2v) is 4.30. The van der Waals surface area contributed by atoms with Crippen LogP contribution in [0.2, 0.25) is 0 Å². The summed E-state index contributed by atoms with van der Waals surface area (Å²) < 4.78 is 40.9. The van der Waals surface area contributed by atoms with Crippen LogP contribution in [0.4, 0.5) is 13.2 Å². The molecule has 1 fully saturated rings. The van der Waals surface area contributed by atoms with Crippen molar-refractivity contribution >= 4 is 0 Å². The lowest BCUT2D eigenvalue weighted by Crippen LogP contribution is -2.37. The third kappa shape index (κ3) is 5.37. The smallest absolute Gasteiger partial charge is 0.374 e. The Labute approximate surface area is 88.2 Å². The van der Waals surface area contributed by atoms with Gasteiger partial charge in [0, 0.05) is 19.6 Å². The molecule has 1 atom stereocenters. The minimum atomic E-state index is -4.03. The summed E-state index contributed by atoms with van der Waals surface area (Å²) in [5.74, 6) is 0. The van der Waals surface area contributed by atoms with Gasteiger partial charge in [0.15, 0.2) is 0 Å². The van der Waals surface area contributed by atoms with Crippen molar-refractivity contribution in [2.75, 3.05) is 19.7 Å². The SMILES string of the molecule is CC1(CNCCCC(F)(F)F)CCCO1. The minimum Gasteiger partial charge on any atom is -0.374 e. The Morgan fingerprint density at radius 3 is 2.67 bits per heavy atom. The van der Waals surface area contributed by atoms with E-state index in [0.717, 1.165) is 19.4 Å². The van der Waals surface area contributed by atoms with E-state index in [1.165, 1.54) is 0 Å². The molecule has 0 spiro atoms. The number of hydrogen-bond donors (Lipinski definition) is 1. The Morgan fingerprint density at radius 2 is 2.13 bits per heavy atom. The average Bonchev–Trinajstić information content (AvgIpc) is 2.50. The van der Waals surface area contributed by atoms with E-state index in [2.05, 4.69) is 5.32 Å². The molecule has 1 aliphatic rings. The predicted octanol–water partition coefficient (Wildman–Crippen LogP) is 2.49. The number of hydrogen-bond acceptors (Lipinski definition) is 2. The molecule has 5 heteroatoms. The molecule has 0 bridgehead atoms. The van der Waals surface area contributed by atoms with Crippen molar-refractivity contribution in [1.29, 1.82) is 0 Å². The first-order valence-electron chi connectivity index (χ1n) is 5.33. The second-order valence-electron chi connectivity index (χ2n) is 4.30. The van der Waals surface area contributed by atoms with Crippen LogP contribution in [0.3, 0.4) is 0 Å². The normalized spacial score (nSPS) is 27.2. The van der Waals surface area contributed by atoms with Crippen molar-refractivity contribution in [2.24, 2.45) is 0 Å². The lowest BCUT2D eigenvalue weighted by molar-refractivity contribution is -0.135. The molecule has 2 nitrogen and oxygen atoms in total. The van der Waals surface area contributed by atoms with E-state index in [1.54, 1.807) is 0 Å². The lowest BCUT2D eigenvalue weighted by atomic mass is 10.0. The van der Waals surface area contributed by atoms with E-state index < -0.39 is 12.6 Å². The molecule has 0 radical (unpaired) electrons. The van der Waals surface area contributed by atoms with Gasteiger partial charge < -0.3 is 10.1 Å². The summed E-state index contributed by atoms with van der Waals surface area (Å²) in [5.41, 5.74) is -0.168. The largest absolute Gasteiger partial charge is 0.389 e. The molecular formula is C10H18F3NO. The monoisotopic (exact) mass is 225 g/mol. The van der Waals surface area contributed by atoms with Gasteiger partial charge in [-0.15, -0.1) is 0 Å². The van der Waals surface area contributed by atoms with Crippen LogP contribution in [0, 0.1) is 0 Å². The van der Waals surface area contributed by atoms with Crippen LogP contribution in [0.15, 0.2) is 0 Å². The molecule has 0 aliphatic carbocycles. The first kappa shape index (κ1) is 12.8. The van der Waals surface area contributed by atoms with Gasteiger partial charge in [-0.3, -0.25) is 0 Å². The Hall–Kier alpha value is -0.290. The highest BCUT2D eigenvalue weighted by molar-refractivity contribution is 4.82. The van der Waals surface area contributed by atoms with Crippen LogP contribution in [0.25, 0.3) is 0 Å². The third-order valence-corrected chi connectivity index (χ3v) is 2.61. The number of alkyl halides is 3. The average molecular weight is 225 g/mol. The fourth-order valence-corrected chi connectivity index (χ4v) is 1.74. The number of ether oxygens (including phenoxy) is 1. The quantitative estimate of drug-likeness (QED) is 0.726. The molecular weight excluding hydrogens is 207 g/mol. The topological polar surface area (TPSA) is 21.3 Å². The van der Waals surface area contributed by atoms with Crippen molar-refractivity contribution in [3.8, 4) is 0 Å². The molecule has 0 aromatic rings. The molecule has 90 valence electrons. The highest BCUT2D eigenvalue weighted by Crippen LogP contribution is 2.24. The molecule has 1 heterocycles. The maximum Gasteiger partial charge on any atom is 0.389 e. The van der Waals surface area contributed by atoms with Crippen LogP contribution < -0.4 is 5.32 Å². The van der Waals surface area contributed by atoms with Crippen molar-refractivity contribution < 1.29 is 17.9 Å². The van der Waals surface area contributed by atoms with E-state index in [1.807, 2.05) is 6.92 Å². The van der Waals surface area contributed by atoms with Gasteiger partial charge >= 0.3 is 6.18 Å².